The van der Waals surface area contributed by atoms with Gasteiger partial charge in [-0.15, -0.1) is 0 Å². The molecule has 7 N–H and O–H groups in total. The van der Waals surface area contributed by atoms with Gasteiger partial charge in [0.2, 0.25) is 5.89 Å². The standard InChI is InChI=1S/C24H27N5O7/c25-18(9-13-1-5-15(30)6-2-13)21-27-22(36-28-21)20-11-17(32)12-29(20)24(35)26-19(23(33)34)10-14-3-7-16(31)8-4-14/h1-8,17-20,30-32H,9-12,25H2,(H,26,35)(H,33,34)/t17?,18-,19-,20-/m0/s1. The van der Waals surface area contributed by atoms with Crippen molar-refractivity contribution in [3.05, 3.63) is 71.4 Å². The van der Waals surface area contributed by atoms with Crippen LogP contribution in [-0.2, 0) is 17.6 Å². The zero-order valence-corrected chi connectivity index (χ0v) is 19.2. The van der Waals surface area contributed by atoms with E-state index < -0.39 is 36.2 Å². The maximum absolute atomic E-state index is 13.0. The summed E-state index contributed by atoms with van der Waals surface area (Å²) >= 11 is 0. The Kier molecular flexibility index (Phi) is 7.36. The number of aromatic nitrogens is 2. The number of benzene rings is 2. The summed E-state index contributed by atoms with van der Waals surface area (Å²) in [7, 11) is 0. The molecule has 1 saturated heterocycles. The zero-order valence-electron chi connectivity index (χ0n) is 19.2. The Bertz CT molecular complexity index is 1200. The molecule has 190 valence electrons. The topological polar surface area (TPSA) is 195 Å². The van der Waals surface area contributed by atoms with Crippen LogP contribution in [-0.4, -0.2) is 66.2 Å². The van der Waals surface area contributed by atoms with Gasteiger partial charge in [-0.05, 0) is 41.8 Å². The van der Waals surface area contributed by atoms with Crippen LogP contribution in [0.4, 0.5) is 4.79 Å². The molecule has 2 amide bonds. The van der Waals surface area contributed by atoms with Crippen LogP contribution < -0.4 is 11.1 Å². The van der Waals surface area contributed by atoms with Crippen molar-refractivity contribution < 1.29 is 34.5 Å². The van der Waals surface area contributed by atoms with E-state index in [0.717, 1.165) is 5.56 Å². The molecule has 2 heterocycles. The molecule has 4 rings (SSSR count). The summed E-state index contributed by atoms with van der Waals surface area (Å²) in [6.45, 7) is -0.0423. The van der Waals surface area contributed by atoms with Gasteiger partial charge in [-0.2, -0.15) is 4.98 Å². The average molecular weight is 498 g/mol. The second-order valence-corrected chi connectivity index (χ2v) is 8.74. The molecule has 36 heavy (non-hydrogen) atoms. The number of carboxylic acid groups (broad SMARTS) is 1. The number of likely N-dealkylation sites (tertiary alicyclic amines) is 1. The highest BCUT2D eigenvalue weighted by atomic mass is 16.5. The van der Waals surface area contributed by atoms with Gasteiger partial charge in [0, 0.05) is 19.4 Å². The number of urea groups is 1. The minimum atomic E-state index is -1.24. The summed E-state index contributed by atoms with van der Waals surface area (Å²) in [5.41, 5.74) is 7.68. The number of nitrogens with one attached hydrogen (secondary N) is 1. The van der Waals surface area contributed by atoms with Crippen LogP contribution in [0.25, 0.3) is 0 Å². The summed E-state index contributed by atoms with van der Waals surface area (Å²) in [5.74, 6) is -0.738. The van der Waals surface area contributed by atoms with Crippen LogP contribution >= 0.6 is 0 Å². The van der Waals surface area contributed by atoms with Crippen LogP contribution in [0.5, 0.6) is 11.5 Å². The predicted molar refractivity (Wildman–Crippen MR) is 125 cm³/mol. The van der Waals surface area contributed by atoms with E-state index >= 15 is 0 Å². The van der Waals surface area contributed by atoms with Crippen LogP contribution in [0.1, 0.15) is 41.3 Å². The van der Waals surface area contributed by atoms with Crippen molar-refractivity contribution in [1.82, 2.24) is 20.4 Å². The van der Waals surface area contributed by atoms with Crippen molar-refractivity contribution in [2.45, 2.75) is 43.5 Å². The Balaban J connectivity index is 1.44. The number of carbonyl (C=O) groups is 2. The first-order chi connectivity index (χ1) is 17.2. The molecule has 1 aliphatic heterocycles. The second-order valence-electron chi connectivity index (χ2n) is 8.74. The Hall–Kier alpha value is -4.16. The number of phenols is 2. The lowest BCUT2D eigenvalue weighted by molar-refractivity contribution is -0.139. The monoisotopic (exact) mass is 497 g/mol. The van der Waals surface area contributed by atoms with Gasteiger partial charge in [0.25, 0.3) is 0 Å². The predicted octanol–water partition coefficient (Wildman–Crippen LogP) is 1.24. The van der Waals surface area contributed by atoms with Gasteiger partial charge in [0.05, 0.1) is 12.1 Å². The minimum absolute atomic E-state index is 0.000761. The Morgan fingerprint density at radius 1 is 1.06 bits per heavy atom. The number of nitrogens with two attached hydrogens (primary N) is 1. The van der Waals surface area contributed by atoms with E-state index in [-0.39, 0.29) is 42.6 Å². The Labute approximate surface area is 206 Å². The fourth-order valence-corrected chi connectivity index (χ4v) is 4.08. The highest BCUT2D eigenvalue weighted by Gasteiger charge is 2.40. The normalized spacial score (nSPS) is 19.1. The van der Waals surface area contributed by atoms with Crippen LogP contribution in [0.2, 0.25) is 0 Å². The number of nitrogens with zero attached hydrogens (tertiary/aromatic N) is 3. The van der Waals surface area contributed by atoms with Gasteiger partial charge in [-0.3, -0.25) is 0 Å². The quantitative estimate of drug-likeness (QED) is 0.263. The molecular formula is C24H27N5O7. The highest BCUT2D eigenvalue weighted by Crippen LogP contribution is 2.32. The van der Waals surface area contributed by atoms with E-state index in [1.54, 1.807) is 36.4 Å². The molecule has 1 aliphatic rings. The van der Waals surface area contributed by atoms with Crippen LogP contribution in [0, 0.1) is 0 Å². The fraction of sp³-hybridized carbons (Fsp3) is 0.333. The molecule has 0 bridgehead atoms. The molecule has 2 aromatic carbocycles. The number of phenolic OH excluding ortho intramolecular Hbond substituents is 2. The van der Waals surface area contributed by atoms with Gasteiger partial charge in [0.1, 0.15) is 23.6 Å². The fourth-order valence-electron chi connectivity index (χ4n) is 4.08. The third-order valence-corrected chi connectivity index (χ3v) is 5.98. The number of carboxylic acids is 1. The molecule has 1 aromatic heterocycles. The summed E-state index contributed by atoms with van der Waals surface area (Å²) in [6.07, 6.45) is -0.340. The van der Waals surface area contributed by atoms with E-state index in [9.17, 15) is 30.0 Å². The third kappa shape index (κ3) is 5.90. The molecule has 12 nitrogen and oxygen atoms in total. The lowest BCUT2D eigenvalue weighted by Gasteiger charge is -2.24. The van der Waals surface area contributed by atoms with Crippen molar-refractivity contribution in [3.8, 4) is 11.5 Å². The van der Waals surface area contributed by atoms with Gasteiger partial charge >= 0.3 is 12.0 Å². The lowest BCUT2D eigenvalue weighted by atomic mass is 10.1. The molecule has 3 aromatic rings. The number of carbonyl (C=O) groups excluding carboxylic acids is 1. The Morgan fingerprint density at radius 2 is 1.64 bits per heavy atom. The largest absolute Gasteiger partial charge is 0.508 e. The van der Waals surface area contributed by atoms with Gasteiger partial charge in [-0.25, -0.2) is 9.59 Å². The Morgan fingerprint density at radius 3 is 2.22 bits per heavy atom. The zero-order chi connectivity index (χ0) is 25.8. The minimum Gasteiger partial charge on any atom is -0.508 e. The van der Waals surface area contributed by atoms with E-state index in [0.29, 0.717) is 12.0 Å². The summed E-state index contributed by atoms with van der Waals surface area (Å²) < 4.78 is 5.36. The first-order valence-electron chi connectivity index (χ1n) is 11.3. The van der Waals surface area contributed by atoms with Crippen molar-refractivity contribution in [3.63, 3.8) is 0 Å². The number of hydrogen-bond donors (Lipinski definition) is 6. The third-order valence-electron chi connectivity index (χ3n) is 5.98. The molecule has 0 aliphatic carbocycles. The molecule has 1 unspecified atom stereocenters. The maximum Gasteiger partial charge on any atom is 0.326 e. The average Bonchev–Trinajstić information content (AvgIpc) is 3.48. The van der Waals surface area contributed by atoms with Crippen LogP contribution in [0.15, 0.2) is 53.1 Å². The molecule has 1 fully saturated rings. The number of hydrogen-bond acceptors (Lipinski definition) is 9. The van der Waals surface area contributed by atoms with E-state index in [4.69, 9.17) is 10.3 Å². The number of aromatic hydroxyl groups is 2. The summed E-state index contributed by atoms with van der Waals surface area (Å²) in [6, 6.07) is 9.26. The molecule has 0 saturated carbocycles. The number of aliphatic hydroxyl groups is 1. The number of β-amino-alcohol motifs (C(OH)–C–C–N with tert-alkyl or cyclic N) is 1. The van der Waals surface area contributed by atoms with Crippen LogP contribution in [0.3, 0.4) is 0 Å². The molecule has 12 heteroatoms. The number of rotatable bonds is 8. The SMILES string of the molecule is N[C@@H](Cc1ccc(O)cc1)c1noc([C@@H]2CC(O)CN2C(=O)N[C@@H](Cc2ccc(O)cc2)C(=O)O)n1. The van der Waals surface area contributed by atoms with E-state index in [2.05, 4.69) is 15.5 Å². The maximum atomic E-state index is 13.0. The van der Waals surface area contributed by atoms with Gasteiger partial charge < -0.3 is 40.9 Å². The van der Waals surface area contributed by atoms with E-state index in [1.165, 1.54) is 17.0 Å². The van der Waals surface area contributed by atoms with Gasteiger partial charge in [-0.1, -0.05) is 29.4 Å². The summed E-state index contributed by atoms with van der Waals surface area (Å²) in [5, 5.41) is 45.1. The molecule has 0 spiro atoms. The van der Waals surface area contributed by atoms with Crippen molar-refractivity contribution in [1.29, 1.82) is 0 Å². The lowest BCUT2D eigenvalue weighted by Crippen LogP contribution is -2.49. The summed E-state index contributed by atoms with van der Waals surface area (Å²) in [4.78, 5) is 30.4. The van der Waals surface area contributed by atoms with Crippen molar-refractivity contribution in [2.24, 2.45) is 5.73 Å². The first-order valence-corrected chi connectivity index (χ1v) is 11.3. The smallest absolute Gasteiger partial charge is 0.326 e. The first kappa shape index (κ1) is 24.9. The number of aliphatic hydroxyl groups excluding tert-OH is 1. The van der Waals surface area contributed by atoms with Gasteiger partial charge in [0.15, 0.2) is 5.82 Å². The second kappa shape index (κ2) is 10.6. The highest BCUT2D eigenvalue weighted by molar-refractivity contribution is 5.83. The number of amides is 2. The van der Waals surface area contributed by atoms with Crippen molar-refractivity contribution >= 4 is 12.0 Å². The van der Waals surface area contributed by atoms with E-state index in [1.807, 2.05) is 0 Å². The molecular weight excluding hydrogens is 470 g/mol. The molecule has 0 radical (unpaired) electrons. The number of aliphatic carboxylic acids is 1. The molecule has 4 atom stereocenters. The van der Waals surface area contributed by atoms with Crippen molar-refractivity contribution in [2.75, 3.05) is 6.54 Å².